The molecular weight excluding hydrogens is 264 g/mol. The molecule has 1 rings (SSSR count). The van der Waals surface area contributed by atoms with Crippen molar-refractivity contribution in [3.05, 3.63) is 28.2 Å². The van der Waals surface area contributed by atoms with Gasteiger partial charge in [-0.05, 0) is 31.7 Å². The minimum atomic E-state index is 0.335. The molecule has 16 heavy (non-hydrogen) atoms. The van der Waals surface area contributed by atoms with Crippen LogP contribution in [0.3, 0.4) is 0 Å². The zero-order valence-corrected chi connectivity index (χ0v) is 11.5. The zero-order valence-electron chi connectivity index (χ0n) is 9.92. The normalized spacial score (nSPS) is 11.9. The molecule has 86 valence electrons. The van der Waals surface area contributed by atoms with Crippen LogP contribution in [0, 0.1) is 12.3 Å². The van der Waals surface area contributed by atoms with Crippen LogP contribution >= 0.6 is 15.9 Å². The molecule has 1 N–H and O–H groups in total. The molecule has 1 aromatic rings. The summed E-state index contributed by atoms with van der Waals surface area (Å²) in [7, 11) is 3.94. The first-order chi connectivity index (χ1) is 7.60. The molecule has 1 unspecified atom stereocenters. The maximum absolute atomic E-state index is 5.29. The van der Waals surface area contributed by atoms with E-state index >= 15 is 0 Å². The Balaban J connectivity index is 2.95. The van der Waals surface area contributed by atoms with Gasteiger partial charge in [-0.15, -0.1) is 6.42 Å². The Kier molecular flexibility index (Phi) is 4.85. The summed E-state index contributed by atoms with van der Waals surface area (Å²) < 4.78 is 1.11. The van der Waals surface area contributed by atoms with E-state index in [1.807, 2.05) is 19.0 Å². The minimum absolute atomic E-state index is 0.335. The number of benzene rings is 1. The summed E-state index contributed by atoms with van der Waals surface area (Å²) in [6.45, 7) is 2.75. The van der Waals surface area contributed by atoms with Crippen molar-refractivity contribution in [3.63, 3.8) is 0 Å². The van der Waals surface area contributed by atoms with Crippen molar-refractivity contribution in [2.75, 3.05) is 25.5 Å². The number of halogens is 1. The fraction of sp³-hybridized carbons (Fsp3) is 0.385. The van der Waals surface area contributed by atoms with E-state index in [4.69, 9.17) is 6.42 Å². The van der Waals surface area contributed by atoms with Crippen molar-refractivity contribution in [2.45, 2.75) is 13.0 Å². The van der Waals surface area contributed by atoms with Crippen LogP contribution in [0.25, 0.3) is 0 Å². The van der Waals surface area contributed by atoms with Crippen molar-refractivity contribution < 1.29 is 0 Å². The molecule has 2 nitrogen and oxygen atoms in total. The van der Waals surface area contributed by atoms with Crippen LogP contribution < -0.4 is 10.2 Å². The molecule has 0 heterocycles. The lowest BCUT2D eigenvalue weighted by molar-refractivity contribution is 0.649. The van der Waals surface area contributed by atoms with E-state index in [0.717, 1.165) is 10.2 Å². The van der Waals surface area contributed by atoms with Crippen LogP contribution in [-0.4, -0.2) is 20.6 Å². The van der Waals surface area contributed by atoms with Gasteiger partial charge in [0.2, 0.25) is 0 Å². The van der Waals surface area contributed by atoms with Crippen molar-refractivity contribution in [1.82, 2.24) is 5.32 Å². The second-order valence-electron chi connectivity index (χ2n) is 3.78. The maximum Gasteiger partial charge on any atom is 0.0788 e. The predicted molar refractivity (Wildman–Crippen MR) is 73.7 cm³/mol. The Hall–Kier alpha value is -0.980. The Bertz CT molecular complexity index is 395. The highest BCUT2D eigenvalue weighted by Gasteiger charge is 2.08. The van der Waals surface area contributed by atoms with E-state index in [0.29, 0.717) is 12.6 Å². The van der Waals surface area contributed by atoms with Crippen LogP contribution in [0.1, 0.15) is 18.5 Å². The molecule has 3 heteroatoms. The Morgan fingerprint density at radius 1 is 1.56 bits per heavy atom. The molecule has 0 bridgehead atoms. The molecule has 0 amide bonds. The zero-order chi connectivity index (χ0) is 12.1. The average molecular weight is 281 g/mol. The first-order valence-electron chi connectivity index (χ1n) is 5.21. The van der Waals surface area contributed by atoms with E-state index in [1.54, 1.807) is 0 Å². The first-order valence-corrected chi connectivity index (χ1v) is 6.00. The second kappa shape index (κ2) is 5.93. The highest BCUT2D eigenvalue weighted by Crippen LogP contribution is 2.27. The first kappa shape index (κ1) is 13.1. The third kappa shape index (κ3) is 3.01. The Morgan fingerprint density at radius 2 is 2.25 bits per heavy atom. The molecule has 0 aliphatic heterocycles. The molecule has 0 aliphatic rings. The van der Waals surface area contributed by atoms with E-state index < -0.39 is 0 Å². The van der Waals surface area contributed by atoms with Gasteiger partial charge in [-0.2, -0.15) is 0 Å². The molecule has 1 atom stereocenters. The molecule has 0 saturated carbocycles. The van der Waals surface area contributed by atoms with E-state index in [9.17, 15) is 0 Å². The average Bonchev–Trinajstić information content (AvgIpc) is 2.28. The summed E-state index contributed by atoms with van der Waals surface area (Å²) in [6.07, 6.45) is 5.29. The number of nitrogens with one attached hydrogen (secondary N) is 1. The molecular formula is C13H17BrN2. The predicted octanol–water partition coefficient (Wildman–Crippen LogP) is 2.80. The van der Waals surface area contributed by atoms with Crippen LogP contribution in [0.2, 0.25) is 0 Å². The van der Waals surface area contributed by atoms with Crippen LogP contribution in [0.5, 0.6) is 0 Å². The van der Waals surface area contributed by atoms with Crippen molar-refractivity contribution >= 4 is 21.6 Å². The summed E-state index contributed by atoms with van der Waals surface area (Å²) in [5.74, 6) is 2.63. The van der Waals surface area contributed by atoms with Crippen molar-refractivity contribution in [2.24, 2.45) is 0 Å². The van der Waals surface area contributed by atoms with Crippen LogP contribution in [-0.2, 0) is 0 Å². The Labute approximate surface area is 106 Å². The monoisotopic (exact) mass is 280 g/mol. The van der Waals surface area contributed by atoms with E-state index in [2.05, 4.69) is 52.3 Å². The van der Waals surface area contributed by atoms with E-state index in [1.165, 1.54) is 5.56 Å². The third-order valence-corrected chi connectivity index (χ3v) is 3.34. The summed E-state index contributed by atoms with van der Waals surface area (Å²) in [5, 5.41) is 3.22. The third-order valence-electron chi connectivity index (χ3n) is 2.65. The summed E-state index contributed by atoms with van der Waals surface area (Å²) in [4.78, 5) is 2.04. The van der Waals surface area contributed by atoms with Gasteiger partial charge in [0, 0.05) is 23.2 Å². The van der Waals surface area contributed by atoms with Gasteiger partial charge in [0.15, 0.2) is 0 Å². The molecule has 0 fully saturated rings. The summed E-state index contributed by atoms with van der Waals surface area (Å²) in [6, 6.07) is 6.64. The van der Waals surface area contributed by atoms with Crippen LogP contribution in [0.15, 0.2) is 22.7 Å². The number of terminal acetylenes is 1. The topological polar surface area (TPSA) is 15.3 Å². The SMILES string of the molecule is C#CCN(C)c1ccc(C(C)NC)c(Br)c1. The van der Waals surface area contributed by atoms with Gasteiger partial charge in [0.25, 0.3) is 0 Å². The van der Waals surface area contributed by atoms with Crippen LogP contribution in [0.4, 0.5) is 5.69 Å². The maximum atomic E-state index is 5.29. The standard InChI is InChI=1S/C13H17BrN2/c1-5-8-16(4)11-6-7-12(10(2)15-3)13(14)9-11/h1,6-7,9-10,15H,8H2,2-4H3. The Morgan fingerprint density at radius 3 is 2.75 bits per heavy atom. The van der Waals surface area contributed by atoms with Gasteiger partial charge in [-0.3, -0.25) is 0 Å². The number of hydrogen-bond donors (Lipinski definition) is 1. The highest BCUT2D eigenvalue weighted by atomic mass is 79.9. The van der Waals surface area contributed by atoms with Gasteiger partial charge in [-0.25, -0.2) is 0 Å². The van der Waals surface area contributed by atoms with Crippen molar-refractivity contribution in [1.29, 1.82) is 0 Å². The van der Waals surface area contributed by atoms with Gasteiger partial charge >= 0.3 is 0 Å². The fourth-order valence-corrected chi connectivity index (χ4v) is 2.20. The second-order valence-corrected chi connectivity index (χ2v) is 4.63. The molecule has 0 aliphatic carbocycles. The molecule has 0 saturated heterocycles. The number of nitrogens with zero attached hydrogens (tertiary/aromatic N) is 1. The van der Waals surface area contributed by atoms with E-state index in [-0.39, 0.29) is 0 Å². The molecule has 1 aromatic carbocycles. The summed E-state index contributed by atoms with van der Waals surface area (Å²) in [5.41, 5.74) is 2.37. The quantitative estimate of drug-likeness (QED) is 0.854. The highest BCUT2D eigenvalue weighted by molar-refractivity contribution is 9.10. The number of hydrogen-bond acceptors (Lipinski definition) is 2. The minimum Gasteiger partial charge on any atom is -0.363 e. The lowest BCUT2D eigenvalue weighted by Crippen LogP contribution is -2.18. The molecule has 0 aromatic heterocycles. The fourth-order valence-electron chi connectivity index (χ4n) is 1.49. The van der Waals surface area contributed by atoms with Gasteiger partial charge in [-0.1, -0.05) is 27.9 Å². The lowest BCUT2D eigenvalue weighted by atomic mass is 10.1. The molecule has 0 radical (unpaired) electrons. The smallest absolute Gasteiger partial charge is 0.0788 e. The van der Waals surface area contributed by atoms with Gasteiger partial charge in [0.1, 0.15) is 0 Å². The van der Waals surface area contributed by atoms with Crippen molar-refractivity contribution in [3.8, 4) is 12.3 Å². The lowest BCUT2D eigenvalue weighted by Gasteiger charge is -2.19. The largest absolute Gasteiger partial charge is 0.363 e. The molecule has 0 spiro atoms. The summed E-state index contributed by atoms with van der Waals surface area (Å²) >= 11 is 3.59. The number of rotatable bonds is 4. The van der Waals surface area contributed by atoms with Gasteiger partial charge in [0.05, 0.1) is 6.54 Å². The van der Waals surface area contributed by atoms with Gasteiger partial charge < -0.3 is 10.2 Å². The number of anilines is 1.